The molecule has 0 spiro atoms. The van der Waals surface area contributed by atoms with Gasteiger partial charge in [-0.2, -0.15) is 0 Å². The number of nitrogens with zero attached hydrogens (tertiary/aromatic N) is 3. The van der Waals surface area contributed by atoms with Gasteiger partial charge in [-0.05, 0) is 33.6 Å². The highest BCUT2D eigenvalue weighted by Gasteiger charge is 2.36. The molecule has 3 heterocycles. The quantitative estimate of drug-likeness (QED) is 0.829. The summed E-state index contributed by atoms with van der Waals surface area (Å²) >= 11 is 1.68. The largest absolute Gasteiger partial charge is 0.444 e. The fourth-order valence-corrected chi connectivity index (χ4v) is 4.19. The van der Waals surface area contributed by atoms with Crippen molar-refractivity contribution in [2.24, 2.45) is 5.92 Å². The normalized spacial score (nSPS) is 24.9. The second-order valence-corrected chi connectivity index (χ2v) is 9.07. The van der Waals surface area contributed by atoms with Crippen LogP contribution in [0.1, 0.15) is 33.6 Å². The third kappa shape index (κ3) is 5.08. The third-order valence-electron chi connectivity index (χ3n) is 4.91. The van der Waals surface area contributed by atoms with Gasteiger partial charge < -0.3 is 25.0 Å². The van der Waals surface area contributed by atoms with Gasteiger partial charge in [-0.25, -0.2) is 9.78 Å². The van der Waals surface area contributed by atoms with Gasteiger partial charge in [0.05, 0.1) is 12.6 Å². The number of nitrogens with one attached hydrogen (secondary N) is 1. The standard InChI is InChI=1S/C18H30N4O3S/c1-18(2,3)25-17(24)22-11-13(15(23)12-22)10-20-14-4-7-21(8-5-14)16-19-6-9-26-16/h6,9,13-15,20,23H,4-5,7-8,10-12H2,1-3H3. The number of carbonyl (C=O) groups is 1. The Labute approximate surface area is 159 Å². The molecule has 8 heteroatoms. The van der Waals surface area contributed by atoms with Gasteiger partial charge in [-0.1, -0.05) is 0 Å². The van der Waals surface area contributed by atoms with Crippen LogP contribution in [0.25, 0.3) is 0 Å². The van der Waals surface area contributed by atoms with Crippen LogP contribution in [-0.4, -0.2) is 71.6 Å². The van der Waals surface area contributed by atoms with Gasteiger partial charge in [0.25, 0.3) is 0 Å². The summed E-state index contributed by atoms with van der Waals surface area (Å²) < 4.78 is 5.40. The lowest BCUT2D eigenvalue weighted by molar-refractivity contribution is 0.0270. The van der Waals surface area contributed by atoms with E-state index in [1.807, 2.05) is 32.3 Å². The molecule has 2 aliphatic heterocycles. The predicted molar refractivity (Wildman–Crippen MR) is 103 cm³/mol. The van der Waals surface area contributed by atoms with E-state index >= 15 is 0 Å². The molecular formula is C18H30N4O3S. The van der Waals surface area contributed by atoms with E-state index in [4.69, 9.17) is 4.74 Å². The van der Waals surface area contributed by atoms with Crippen molar-refractivity contribution in [3.05, 3.63) is 11.6 Å². The maximum atomic E-state index is 12.2. The summed E-state index contributed by atoms with van der Waals surface area (Å²) in [6.07, 6.45) is 3.15. The Morgan fingerprint density at radius 1 is 1.38 bits per heavy atom. The molecule has 0 bridgehead atoms. The van der Waals surface area contributed by atoms with Crippen molar-refractivity contribution in [3.8, 4) is 0 Å². The molecule has 0 aromatic carbocycles. The van der Waals surface area contributed by atoms with Crippen LogP contribution in [0.2, 0.25) is 0 Å². The minimum atomic E-state index is -0.510. The van der Waals surface area contributed by atoms with E-state index in [1.54, 1.807) is 16.2 Å². The molecule has 1 aromatic heterocycles. The topological polar surface area (TPSA) is 77.9 Å². The molecule has 7 nitrogen and oxygen atoms in total. The monoisotopic (exact) mass is 382 g/mol. The number of hydrogen-bond donors (Lipinski definition) is 2. The van der Waals surface area contributed by atoms with Crippen molar-refractivity contribution in [1.82, 2.24) is 15.2 Å². The zero-order valence-corrected chi connectivity index (χ0v) is 16.7. The van der Waals surface area contributed by atoms with Gasteiger partial charge in [0.2, 0.25) is 0 Å². The van der Waals surface area contributed by atoms with Crippen molar-refractivity contribution in [1.29, 1.82) is 0 Å². The Bertz CT molecular complexity index is 582. The van der Waals surface area contributed by atoms with Crippen LogP contribution in [0, 0.1) is 5.92 Å². The van der Waals surface area contributed by atoms with Crippen LogP contribution in [0.5, 0.6) is 0 Å². The number of anilines is 1. The molecule has 26 heavy (non-hydrogen) atoms. The molecule has 2 saturated heterocycles. The number of amides is 1. The van der Waals surface area contributed by atoms with Crippen LogP contribution in [0.4, 0.5) is 9.93 Å². The van der Waals surface area contributed by atoms with Crippen molar-refractivity contribution < 1.29 is 14.6 Å². The van der Waals surface area contributed by atoms with Crippen molar-refractivity contribution >= 4 is 22.6 Å². The molecule has 0 radical (unpaired) electrons. The summed E-state index contributed by atoms with van der Waals surface area (Å²) in [5.74, 6) is 0.0551. The molecule has 146 valence electrons. The van der Waals surface area contributed by atoms with Crippen molar-refractivity contribution in [2.45, 2.75) is 51.4 Å². The number of ether oxygens (including phenoxy) is 1. The van der Waals surface area contributed by atoms with E-state index in [0.29, 0.717) is 19.1 Å². The number of likely N-dealkylation sites (tertiary alicyclic amines) is 1. The highest BCUT2D eigenvalue weighted by Crippen LogP contribution is 2.23. The first-order chi connectivity index (χ1) is 12.3. The zero-order valence-electron chi connectivity index (χ0n) is 15.9. The number of piperidine rings is 1. The molecule has 3 rings (SSSR count). The minimum Gasteiger partial charge on any atom is -0.444 e. The van der Waals surface area contributed by atoms with E-state index < -0.39 is 11.7 Å². The average molecular weight is 383 g/mol. The van der Waals surface area contributed by atoms with Crippen LogP contribution in [-0.2, 0) is 4.74 Å². The fraction of sp³-hybridized carbons (Fsp3) is 0.778. The van der Waals surface area contributed by atoms with Gasteiger partial charge >= 0.3 is 6.09 Å². The Morgan fingerprint density at radius 2 is 2.12 bits per heavy atom. The average Bonchev–Trinajstić information content (AvgIpc) is 3.22. The molecule has 2 unspecified atom stereocenters. The van der Waals surface area contributed by atoms with Crippen LogP contribution < -0.4 is 10.2 Å². The lowest BCUT2D eigenvalue weighted by Gasteiger charge is -2.33. The first-order valence-corrected chi connectivity index (χ1v) is 10.2. The zero-order chi connectivity index (χ0) is 18.7. The number of rotatable bonds is 4. The van der Waals surface area contributed by atoms with E-state index in [0.717, 1.165) is 37.6 Å². The summed E-state index contributed by atoms with van der Waals surface area (Å²) in [6.45, 7) is 9.19. The van der Waals surface area contributed by atoms with Crippen LogP contribution in [0.3, 0.4) is 0 Å². The van der Waals surface area contributed by atoms with Crippen LogP contribution >= 0.6 is 11.3 Å². The summed E-state index contributed by atoms with van der Waals surface area (Å²) in [5.41, 5.74) is -0.510. The summed E-state index contributed by atoms with van der Waals surface area (Å²) in [7, 11) is 0. The number of hydrogen-bond acceptors (Lipinski definition) is 7. The predicted octanol–water partition coefficient (Wildman–Crippen LogP) is 1.93. The minimum absolute atomic E-state index is 0.0551. The molecule has 2 aliphatic rings. The Kier molecular flexibility index (Phi) is 6.04. The van der Waals surface area contributed by atoms with E-state index in [2.05, 4.69) is 15.2 Å². The highest BCUT2D eigenvalue weighted by atomic mass is 32.1. The fourth-order valence-electron chi connectivity index (χ4n) is 3.50. The lowest BCUT2D eigenvalue weighted by atomic mass is 10.0. The van der Waals surface area contributed by atoms with E-state index in [-0.39, 0.29) is 12.0 Å². The number of aromatic nitrogens is 1. The van der Waals surface area contributed by atoms with Crippen LogP contribution in [0.15, 0.2) is 11.6 Å². The van der Waals surface area contributed by atoms with Gasteiger partial charge in [0, 0.05) is 49.7 Å². The highest BCUT2D eigenvalue weighted by molar-refractivity contribution is 7.13. The first-order valence-electron chi connectivity index (χ1n) is 9.35. The number of thiazole rings is 1. The van der Waals surface area contributed by atoms with Crippen molar-refractivity contribution in [3.63, 3.8) is 0 Å². The smallest absolute Gasteiger partial charge is 0.410 e. The Balaban J connectivity index is 1.40. The molecule has 2 atom stereocenters. The second-order valence-electron chi connectivity index (χ2n) is 8.20. The van der Waals surface area contributed by atoms with Crippen molar-refractivity contribution in [2.75, 3.05) is 37.6 Å². The third-order valence-corrected chi connectivity index (χ3v) is 5.74. The molecule has 1 aromatic rings. The number of aliphatic hydroxyl groups is 1. The maximum absolute atomic E-state index is 12.2. The summed E-state index contributed by atoms with van der Waals surface area (Å²) in [4.78, 5) is 20.5. The SMILES string of the molecule is CC(C)(C)OC(=O)N1CC(O)C(CNC2CCN(c3nccs3)CC2)C1. The number of carbonyl (C=O) groups excluding carboxylic acids is 1. The Hall–Kier alpha value is -1.38. The van der Waals surface area contributed by atoms with Gasteiger partial charge in [-0.3, -0.25) is 0 Å². The lowest BCUT2D eigenvalue weighted by Crippen LogP contribution is -2.45. The van der Waals surface area contributed by atoms with E-state index in [9.17, 15) is 9.90 Å². The van der Waals surface area contributed by atoms with Gasteiger partial charge in [0.1, 0.15) is 5.60 Å². The maximum Gasteiger partial charge on any atom is 0.410 e. The molecule has 1 amide bonds. The van der Waals surface area contributed by atoms with E-state index in [1.165, 1.54) is 0 Å². The Morgan fingerprint density at radius 3 is 2.73 bits per heavy atom. The first kappa shape index (κ1) is 19.4. The molecule has 0 saturated carbocycles. The number of aliphatic hydroxyl groups excluding tert-OH is 1. The molecule has 2 fully saturated rings. The second kappa shape index (κ2) is 8.10. The molecule has 2 N–H and O–H groups in total. The molecule has 0 aliphatic carbocycles. The van der Waals surface area contributed by atoms with Gasteiger partial charge in [0.15, 0.2) is 5.13 Å². The summed E-state index contributed by atoms with van der Waals surface area (Å²) in [6, 6.07) is 0.453. The van der Waals surface area contributed by atoms with Gasteiger partial charge in [-0.15, -0.1) is 11.3 Å². The molecular weight excluding hydrogens is 352 g/mol. The number of β-amino-alcohol motifs (C(OH)–C–C–N with tert-alkyl or cyclic N) is 1. The summed E-state index contributed by atoms with van der Waals surface area (Å²) in [5, 5.41) is 17.0.